The minimum absolute atomic E-state index is 0.0534. The van der Waals surface area contributed by atoms with Crippen LogP contribution < -0.4 is 0 Å². The van der Waals surface area contributed by atoms with Crippen LogP contribution in [0.2, 0.25) is 5.02 Å². The molecule has 1 aliphatic heterocycles. The summed E-state index contributed by atoms with van der Waals surface area (Å²) in [6.45, 7) is 6.72. The molecular weight excluding hydrogens is 585 g/mol. The van der Waals surface area contributed by atoms with Gasteiger partial charge in [-0.15, -0.1) is 0 Å². The molecule has 10 heteroatoms. The number of hydrogen-bond acceptors (Lipinski definition) is 6. The number of allylic oxidation sites excluding steroid dienone is 2. The number of alkyl halides is 1. The zero-order valence-corrected chi connectivity index (χ0v) is 26.7. The summed E-state index contributed by atoms with van der Waals surface area (Å²) in [6, 6.07) is 4.94. The highest BCUT2D eigenvalue weighted by Gasteiger charge is 2.44. The Morgan fingerprint density at radius 3 is 2.43 bits per heavy atom. The number of nitrogens with zero attached hydrogens (tertiary/aromatic N) is 3. The Labute approximate surface area is 262 Å². The van der Waals surface area contributed by atoms with E-state index in [0.29, 0.717) is 75.7 Å². The summed E-state index contributed by atoms with van der Waals surface area (Å²) in [5.41, 5.74) is 1.61. The molecule has 0 spiro atoms. The van der Waals surface area contributed by atoms with Gasteiger partial charge in [-0.05, 0) is 83.8 Å². The van der Waals surface area contributed by atoms with E-state index in [-0.39, 0.29) is 40.4 Å². The summed E-state index contributed by atoms with van der Waals surface area (Å²) in [4.78, 5) is 42.3. The van der Waals surface area contributed by atoms with Crippen molar-refractivity contribution in [1.82, 2.24) is 14.7 Å². The molecule has 0 bridgehead atoms. The van der Waals surface area contributed by atoms with Crippen molar-refractivity contribution in [3.05, 3.63) is 57.4 Å². The van der Waals surface area contributed by atoms with Gasteiger partial charge in [-0.2, -0.15) is 9.78 Å². The number of fused-ring (bicyclic) bond motifs is 1. The standard InChI is InChI=1S/C34H41ClFN3O5/c1-33(2,3)44-32(42)21-11-9-20(10-12-21)29-24-14-13-22(30(40)38-18-23(19-38)43-4)17-27(24)39(37-29)31(41)28-25(7-5-8-26(28)35)34(36)15-6-16-34/h5,7-9,21-23H,6,10-19H2,1-4H3/t21?,22-/m0/s1. The molecule has 1 saturated heterocycles. The molecule has 1 amide bonds. The third-order valence-electron chi connectivity index (χ3n) is 9.62. The van der Waals surface area contributed by atoms with E-state index in [1.807, 2.05) is 31.7 Å². The fourth-order valence-corrected chi connectivity index (χ4v) is 7.15. The maximum Gasteiger partial charge on any atom is 0.309 e. The van der Waals surface area contributed by atoms with Gasteiger partial charge in [0.2, 0.25) is 5.91 Å². The van der Waals surface area contributed by atoms with Crippen molar-refractivity contribution in [3.63, 3.8) is 0 Å². The second-order valence-corrected chi connectivity index (χ2v) is 14.2. The fraction of sp³-hybridized carbons (Fsp3) is 0.588. The molecule has 2 heterocycles. The summed E-state index contributed by atoms with van der Waals surface area (Å²) < 4.78 is 28.2. The molecule has 1 saturated carbocycles. The smallest absolute Gasteiger partial charge is 0.309 e. The van der Waals surface area contributed by atoms with Gasteiger partial charge in [0, 0.05) is 43.7 Å². The Balaban J connectivity index is 1.35. The molecule has 44 heavy (non-hydrogen) atoms. The molecule has 2 atom stereocenters. The van der Waals surface area contributed by atoms with Crippen molar-refractivity contribution >= 4 is 35.0 Å². The molecule has 4 aliphatic rings. The second-order valence-electron chi connectivity index (χ2n) is 13.7. The lowest BCUT2D eigenvalue weighted by atomic mass is 9.75. The molecule has 8 nitrogen and oxygen atoms in total. The Morgan fingerprint density at radius 2 is 1.82 bits per heavy atom. The predicted octanol–water partition coefficient (Wildman–Crippen LogP) is 6.06. The van der Waals surface area contributed by atoms with Gasteiger partial charge in [0.05, 0.1) is 34.0 Å². The van der Waals surface area contributed by atoms with E-state index in [1.54, 1.807) is 25.3 Å². The van der Waals surface area contributed by atoms with E-state index in [2.05, 4.69) is 0 Å². The first-order valence-electron chi connectivity index (χ1n) is 15.8. The lowest BCUT2D eigenvalue weighted by Crippen LogP contribution is -2.56. The molecule has 3 aliphatic carbocycles. The summed E-state index contributed by atoms with van der Waals surface area (Å²) in [7, 11) is 1.65. The maximum atomic E-state index is 15.8. The van der Waals surface area contributed by atoms with Gasteiger partial charge in [-0.25, -0.2) is 4.39 Å². The van der Waals surface area contributed by atoms with Crippen LogP contribution in [-0.4, -0.2) is 64.4 Å². The molecule has 2 aromatic rings. The summed E-state index contributed by atoms with van der Waals surface area (Å²) >= 11 is 6.61. The molecule has 0 radical (unpaired) electrons. The number of halogens is 2. The predicted molar refractivity (Wildman–Crippen MR) is 164 cm³/mol. The van der Waals surface area contributed by atoms with E-state index in [4.69, 9.17) is 26.2 Å². The highest BCUT2D eigenvalue weighted by Crippen LogP contribution is 2.48. The number of carbonyl (C=O) groups excluding carboxylic acids is 3. The number of amides is 1. The van der Waals surface area contributed by atoms with Gasteiger partial charge in [0.1, 0.15) is 11.3 Å². The molecule has 1 aromatic heterocycles. The van der Waals surface area contributed by atoms with Crippen molar-refractivity contribution in [2.75, 3.05) is 20.2 Å². The van der Waals surface area contributed by atoms with Crippen molar-refractivity contribution in [1.29, 1.82) is 0 Å². The minimum Gasteiger partial charge on any atom is -0.460 e. The zero-order chi connectivity index (χ0) is 31.4. The highest BCUT2D eigenvalue weighted by atomic mass is 35.5. The normalized spacial score (nSPS) is 23.2. The van der Waals surface area contributed by atoms with Crippen molar-refractivity contribution < 1.29 is 28.2 Å². The Hall–Kier alpha value is -3.04. The lowest BCUT2D eigenvalue weighted by molar-refractivity contribution is -0.160. The van der Waals surface area contributed by atoms with Crippen LogP contribution in [0.5, 0.6) is 0 Å². The molecule has 6 rings (SSSR count). The van der Waals surface area contributed by atoms with Crippen molar-refractivity contribution in [3.8, 4) is 0 Å². The number of benzene rings is 1. The molecule has 1 unspecified atom stereocenters. The number of esters is 1. The van der Waals surface area contributed by atoms with E-state index in [0.717, 1.165) is 23.3 Å². The van der Waals surface area contributed by atoms with Gasteiger partial charge in [-0.3, -0.25) is 14.4 Å². The van der Waals surface area contributed by atoms with Crippen LogP contribution >= 0.6 is 11.6 Å². The summed E-state index contributed by atoms with van der Waals surface area (Å²) in [5.74, 6) is -1.16. The van der Waals surface area contributed by atoms with E-state index >= 15 is 4.39 Å². The van der Waals surface area contributed by atoms with E-state index < -0.39 is 17.2 Å². The highest BCUT2D eigenvalue weighted by molar-refractivity contribution is 6.34. The van der Waals surface area contributed by atoms with Gasteiger partial charge >= 0.3 is 5.97 Å². The number of methoxy groups -OCH3 is 1. The van der Waals surface area contributed by atoms with E-state index in [1.165, 1.54) is 4.68 Å². The quantitative estimate of drug-likeness (QED) is 0.363. The van der Waals surface area contributed by atoms with Gasteiger partial charge in [-0.1, -0.05) is 29.8 Å². The fourth-order valence-electron chi connectivity index (χ4n) is 6.90. The van der Waals surface area contributed by atoms with Gasteiger partial charge < -0.3 is 14.4 Å². The third-order valence-corrected chi connectivity index (χ3v) is 9.93. The summed E-state index contributed by atoms with van der Waals surface area (Å²) in [6.07, 6.45) is 6.87. The average molecular weight is 626 g/mol. The first kappa shape index (κ1) is 31.0. The van der Waals surface area contributed by atoms with Crippen LogP contribution in [-0.2, 0) is 37.6 Å². The Bertz CT molecular complexity index is 1520. The van der Waals surface area contributed by atoms with Crippen LogP contribution in [0.4, 0.5) is 4.39 Å². The largest absolute Gasteiger partial charge is 0.460 e. The van der Waals surface area contributed by atoms with Crippen molar-refractivity contribution in [2.45, 2.75) is 95.9 Å². The van der Waals surface area contributed by atoms with Gasteiger partial charge in [0.25, 0.3) is 5.91 Å². The molecular formula is C34H41ClFN3O5. The van der Waals surface area contributed by atoms with Crippen LogP contribution in [0, 0.1) is 11.8 Å². The number of hydrogen-bond donors (Lipinski definition) is 0. The molecule has 1 aromatic carbocycles. The zero-order valence-electron chi connectivity index (χ0n) is 26.0. The number of likely N-dealkylation sites (tertiary alicyclic amines) is 1. The lowest BCUT2D eigenvalue weighted by Gasteiger charge is -2.40. The van der Waals surface area contributed by atoms with Crippen LogP contribution in [0.25, 0.3) is 5.57 Å². The van der Waals surface area contributed by atoms with Crippen LogP contribution in [0.15, 0.2) is 24.3 Å². The summed E-state index contributed by atoms with van der Waals surface area (Å²) in [5, 5.41) is 5.07. The number of ether oxygens (including phenoxy) is 2. The first-order chi connectivity index (χ1) is 20.9. The number of rotatable bonds is 6. The van der Waals surface area contributed by atoms with Crippen molar-refractivity contribution in [2.24, 2.45) is 11.8 Å². The third kappa shape index (κ3) is 5.73. The maximum absolute atomic E-state index is 15.8. The first-order valence-corrected chi connectivity index (χ1v) is 16.1. The second kappa shape index (κ2) is 11.7. The van der Waals surface area contributed by atoms with Crippen LogP contribution in [0.1, 0.15) is 98.6 Å². The minimum atomic E-state index is -1.59. The molecule has 236 valence electrons. The number of carbonyl (C=O) groups is 3. The monoisotopic (exact) mass is 625 g/mol. The van der Waals surface area contributed by atoms with Crippen LogP contribution in [0.3, 0.4) is 0 Å². The Kier molecular flexibility index (Phi) is 8.24. The SMILES string of the molecule is COC1CN(C(=O)[C@H]2CCc3c(C4=CCC(C(=O)OC(C)(C)C)CC4)nn(C(=O)c4c(Cl)cccc4C4(F)CCC4)c3C2)C1. The van der Waals surface area contributed by atoms with E-state index in [9.17, 15) is 14.4 Å². The topological polar surface area (TPSA) is 90.7 Å². The molecule has 0 N–H and O–H groups in total. The molecule has 2 fully saturated rings. The number of aromatic nitrogens is 2. The Morgan fingerprint density at radius 1 is 1.09 bits per heavy atom. The van der Waals surface area contributed by atoms with Gasteiger partial charge in [0.15, 0.2) is 0 Å². The average Bonchev–Trinajstić information content (AvgIpc) is 3.33.